The highest BCUT2D eigenvalue weighted by Gasteiger charge is 2.21. The Morgan fingerprint density at radius 3 is 2.88 bits per heavy atom. The molecule has 0 bridgehead atoms. The molecule has 1 saturated heterocycles. The van der Waals surface area contributed by atoms with Gasteiger partial charge in [0.15, 0.2) is 0 Å². The summed E-state index contributed by atoms with van der Waals surface area (Å²) in [7, 11) is 0. The molecule has 5 heteroatoms. The van der Waals surface area contributed by atoms with Crippen LogP contribution >= 0.6 is 0 Å². The van der Waals surface area contributed by atoms with Crippen LogP contribution in [0.2, 0.25) is 0 Å². The number of para-hydroxylation sites is 1. The van der Waals surface area contributed by atoms with E-state index in [0.29, 0.717) is 25.6 Å². The summed E-state index contributed by atoms with van der Waals surface area (Å²) in [6.45, 7) is 3.90. The lowest BCUT2D eigenvalue weighted by Gasteiger charge is -2.28. The number of nitriles is 1. The predicted octanol–water partition coefficient (Wildman–Crippen LogP) is 3.80. The number of hydrogen-bond donors (Lipinski definition) is 0. The number of rotatable bonds is 5. The van der Waals surface area contributed by atoms with E-state index in [1.165, 1.54) is 0 Å². The van der Waals surface area contributed by atoms with Crippen molar-refractivity contribution >= 4 is 22.9 Å². The number of benzene rings is 1. The van der Waals surface area contributed by atoms with Crippen LogP contribution in [0.25, 0.3) is 17.0 Å². The summed E-state index contributed by atoms with van der Waals surface area (Å²) in [5.41, 5.74) is 1.68. The maximum atomic E-state index is 12.5. The molecule has 0 radical (unpaired) electrons. The zero-order valence-electron chi connectivity index (χ0n) is 15.0. The molecule has 0 spiro atoms. The molecule has 5 nitrogen and oxygen atoms in total. The second kappa shape index (κ2) is 8.48. The van der Waals surface area contributed by atoms with Gasteiger partial charge in [-0.3, -0.25) is 4.79 Å². The molecule has 0 aliphatic carbocycles. The number of ether oxygens (including phenoxy) is 1. The van der Waals surface area contributed by atoms with Crippen LogP contribution in [-0.4, -0.2) is 35.5 Å². The number of aromatic nitrogens is 1. The van der Waals surface area contributed by atoms with Crippen molar-refractivity contribution in [2.24, 2.45) is 5.92 Å². The molecule has 0 N–H and O–H groups in total. The van der Waals surface area contributed by atoms with Crippen LogP contribution in [0.5, 0.6) is 5.88 Å². The van der Waals surface area contributed by atoms with Crippen molar-refractivity contribution in [3.8, 4) is 11.9 Å². The molecular weight excluding hydrogens is 326 g/mol. The van der Waals surface area contributed by atoms with Gasteiger partial charge in [0.05, 0.1) is 18.2 Å². The summed E-state index contributed by atoms with van der Waals surface area (Å²) in [5.74, 6) is 0.593. The van der Waals surface area contributed by atoms with Crippen molar-refractivity contribution in [3.63, 3.8) is 0 Å². The zero-order valence-corrected chi connectivity index (χ0v) is 15.0. The Morgan fingerprint density at radius 1 is 1.38 bits per heavy atom. The minimum atomic E-state index is -0.0315. The molecule has 0 atom stereocenters. The van der Waals surface area contributed by atoms with Gasteiger partial charge in [0, 0.05) is 36.0 Å². The summed E-state index contributed by atoms with van der Waals surface area (Å²) >= 11 is 0. The molecule has 0 saturated carbocycles. The van der Waals surface area contributed by atoms with Crippen molar-refractivity contribution in [3.05, 3.63) is 42.0 Å². The summed E-state index contributed by atoms with van der Waals surface area (Å²) in [6.07, 6.45) is 5.75. The lowest BCUT2D eigenvalue weighted by molar-refractivity contribution is -0.127. The van der Waals surface area contributed by atoms with Gasteiger partial charge < -0.3 is 9.64 Å². The number of hydrogen-bond acceptors (Lipinski definition) is 4. The molecule has 0 unspecified atom stereocenters. The van der Waals surface area contributed by atoms with Crippen LogP contribution in [0, 0.1) is 17.2 Å². The minimum Gasteiger partial charge on any atom is -0.477 e. The first-order valence-corrected chi connectivity index (χ1v) is 9.10. The summed E-state index contributed by atoms with van der Waals surface area (Å²) in [4.78, 5) is 18.8. The SMILES string of the molecule is CCCOc1nc2ccccc2cc1/C=C\C(=O)N1CCC(C#N)CC1. The highest BCUT2D eigenvalue weighted by Crippen LogP contribution is 2.24. The number of nitrogens with zero attached hydrogens (tertiary/aromatic N) is 3. The fraction of sp³-hybridized carbons (Fsp3) is 0.381. The zero-order chi connectivity index (χ0) is 18.4. The molecule has 1 aliphatic heterocycles. The van der Waals surface area contributed by atoms with Gasteiger partial charge in [0.1, 0.15) is 0 Å². The Bertz CT molecular complexity index is 846. The van der Waals surface area contributed by atoms with E-state index in [2.05, 4.69) is 11.1 Å². The van der Waals surface area contributed by atoms with E-state index in [1.807, 2.05) is 37.3 Å². The Morgan fingerprint density at radius 2 is 2.15 bits per heavy atom. The van der Waals surface area contributed by atoms with Gasteiger partial charge in [0.2, 0.25) is 11.8 Å². The van der Waals surface area contributed by atoms with E-state index in [-0.39, 0.29) is 11.8 Å². The first kappa shape index (κ1) is 17.9. The number of fused-ring (bicyclic) bond motifs is 1. The molecule has 1 fully saturated rings. The molecule has 2 aromatic rings. The smallest absolute Gasteiger partial charge is 0.246 e. The number of likely N-dealkylation sites (tertiary alicyclic amines) is 1. The second-order valence-electron chi connectivity index (χ2n) is 6.49. The number of pyridine rings is 1. The molecular formula is C21H23N3O2. The topological polar surface area (TPSA) is 66.2 Å². The fourth-order valence-corrected chi connectivity index (χ4v) is 3.04. The number of carbonyl (C=O) groups excluding carboxylic acids is 1. The quantitative estimate of drug-likeness (QED) is 0.770. The number of carbonyl (C=O) groups is 1. The van der Waals surface area contributed by atoms with Crippen molar-refractivity contribution < 1.29 is 9.53 Å². The maximum Gasteiger partial charge on any atom is 0.246 e. The monoisotopic (exact) mass is 349 g/mol. The molecule has 1 aliphatic rings. The van der Waals surface area contributed by atoms with Gasteiger partial charge in [-0.2, -0.15) is 5.26 Å². The van der Waals surface area contributed by atoms with E-state index < -0.39 is 0 Å². The van der Waals surface area contributed by atoms with Crippen LogP contribution < -0.4 is 4.74 Å². The Labute approximate surface area is 153 Å². The minimum absolute atomic E-state index is 0.0315. The standard InChI is InChI=1S/C21H23N3O2/c1-2-13-26-21-18(14-17-5-3-4-6-19(17)23-21)7-8-20(25)24-11-9-16(15-22)10-12-24/h3-8,14,16H,2,9-13H2,1H3/b8-7-. The average molecular weight is 349 g/mol. The Balaban J connectivity index is 1.79. The Hall–Kier alpha value is -2.87. The van der Waals surface area contributed by atoms with E-state index in [4.69, 9.17) is 10.00 Å². The normalized spacial score (nSPS) is 15.3. The van der Waals surface area contributed by atoms with Crippen molar-refractivity contribution in [2.45, 2.75) is 26.2 Å². The highest BCUT2D eigenvalue weighted by molar-refractivity contribution is 5.93. The summed E-state index contributed by atoms with van der Waals surface area (Å²) in [6, 6.07) is 12.1. The predicted molar refractivity (Wildman–Crippen MR) is 101 cm³/mol. The molecule has 1 aromatic carbocycles. The number of piperidine rings is 1. The molecule has 1 amide bonds. The third kappa shape index (κ3) is 4.20. The van der Waals surface area contributed by atoms with E-state index in [1.54, 1.807) is 17.1 Å². The molecule has 2 heterocycles. The molecule has 3 rings (SSSR count). The largest absolute Gasteiger partial charge is 0.477 e. The highest BCUT2D eigenvalue weighted by atomic mass is 16.5. The van der Waals surface area contributed by atoms with E-state index >= 15 is 0 Å². The lowest BCUT2D eigenvalue weighted by Crippen LogP contribution is -2.37. The van der Waals surface area contributed by atoms with Crippen molar-refractivity contribution in [1.29, 1.82) is 5.26 Å². The van der Waals surface area contributed by atoms with Gasteiger partial charge in [-0.15, -0.1) is 0 Å². The maximum absolute atomic E-state index is 12.5. The first-order valence-electron chi connectivity index (χ1n) is 9.10. The molecule has 26 heavy (non-hydrogen) atoms. The second-order valence-corrected chi connectivity index (χ2v) is 6.49. The van der Waals surface area contributed by atoms with Gasteiger partial charge in [0.25, 0.3) is 0 Å². The van der Waals surface area contributed by atoms with Gasteiger partial charge in [-0.05, 0) is 37.5 Å². The van der Waals surface area contributed by atoms with Crippen LogP contribution in [0.3, 0.4) is 0 Å². The third-order valence-electron chi connectivity index (χ3n) is 4.55. The average Bonchev–Trinajstić information content (AvgIpc) is 2.70. The Kier molecular flexibility index (Phi) is 5.85. The van der Waals surface area contributed by atoms with E-state index in [9.17, 15) is 4.79 Å². The van der Waals surface area contributed by atoms with E-state index in [0.717, 1.165) is 35.7 Å². The third-order valence-corrected chi connectivity index (χ3v) is 4.55. The summed E-state index contributed by atoms with van der Waals surface area (Å²) in [5, 5.41) is 9.98. The van der Waals surface area contributed by atoms with Crippen LogP contribution in [0.1, 0.15) is 31.7 Å². The molecule has 134 valence electrons. The van der Waals surface area contributed by atoms with Gasteiger partial charge in [-0.25, -0.2) is 4.98 Å². The fourth-order valence-electron chi connectivity index (χ4n) is 3.04. The first-order chi connectivity index (χ1) is 12.7. The summed E-state index contributed by atoms with van der Waals surface area (Å²) < 4.78 is 5.78. The van der Waals surface area contributed by atoms with Crippen LogP contribution in [-0.2, 0) is 4.79 Å². The van der Waals surface area contributed by atoms with Gasteiger partial charge >= 0.3 is 0 Å². The molecule has 1 aromatic heterocycles. The van der Waals surface area contributed by atoms with Crippen molar-refractivity contribution in [2.75, 3.05) is 19.7 Å². The number of amides is 1. The van der Waals surface area contributed by atoms with Crippen molar-refractivity contribution in [1.82, 2.24) is 9.88 Å². The van der Waals surface area contributed by atoms with Crippen LogP contribution in [0.15, 0.2) is 36.4 Å². The lowest BCUT2D eigenvalue weighted by atomic mass is 9.98. The van der Waals surface area contributed by atoms with Gasteiger partial charge in [-0.1, -0.05) is 25.1 Å². The van der Waals surface area contributed by atoms with Crippen LogP contribution in [0.4, 0.5) is 0 Å².